The normalized spacial score (nSPS) is 12.9. The fraction of sp³-hybridized carbons (Fsp3) is 0.700. The third kappa shape index (κ3) is 2.55. The van der Waals surface area contributed by atoms with E-state index in [1.165, 1.54) is 0 Å². The Morgan fingerprint density at radius 2 is 2.00 bits per heavy atom. The largest absolute Gasteiger partial charge is 0.337 e. The van der Waals surface area contributed by atoms with Crippen LogP contribution in [-0.4, -0.2) is 28.0 Å². The van der Waals surface area contributed by atoms with E-state index in [0.29, 0.717) is 11.7 Å². The van der Waals surface area contributed by atoms with Gasteiger partial charge in [0.1, 0.15) is 6.04 Å². The van der Waals surface area contributed by atoms with Crippen LogP contribution in [0.15, 0.2) is 4.52 Å². The van der Waals surface area contributed by atoms with E-state index in [1.54, 1.807) is 18.9 Å². The predicted molar refractivity (Wildman–Crippen MR) is 55.1 cm³/mol. The Balaban J connectivity index is 2.76. The topological polar surface area (TPSA) is 59.2 Å². The standard InChI is InChI=1S/C10H17N3O2/c1-6(2)10(14)13(5)7(3)9-11-8(4)12-15-9/h6-7H,1-5H3. The third-order valence-electron chi connectivity index (χ3n) is 2.32. The Labute approximate surface area is 89.5 Å². The van der Waals surface area contributed by atoms with E-state index in [-0.39, 0.29) is 17.9 Å². The SMILES string of the molecule is Cc1noc(C(C)N(C)C(=O)C(C)C)n1. The number of rotatable bonds is 3. The highest BCUT2D eigenvalue weighted by Crippen LogP contribution is 2.18. The van der Waals surface area contributed by atoms with E-state index in [0.717, 1.165) is 0 Å². The first-order valence-corrected chi connectivity index (χ1v) is 5.00. The molecule has 1 aromatic heterocycles. The van der Waals surface area contributed by atoms with Crippen LogP contribution < -0.4 is 0 Å². The molecule has 1 amide bonds. The zero-order valence-corrected chi connectivity index (χ0v) is 9.81. The first kappa shape index (κ1) is 11.7. The van der Waals surface area contributed by atoms with Crippen molar-refractivity contribution in [2.75, 3.05) is 7.05 Å². The lowest BCUT2D eigenvalue weighted by Gasteiger charge is -2.23. The van der Waals surface area contributed by atoms with Gasteiger partial charge >= 0.3 is 0 Å². The van der Waals surface area contributed by atoms with E-state index in [2.05, 4.69) is 10.1 Å². The van der Waals surface area contributed by atoms with Gasteiger partial charge in [-0.25, -0.2) is 0 Å². The molecule has 5 heteroatoms. The summed E-state index contributed by atoms with van der Waals surface area (Å²) in [4.78, 5) is 17.4. The molecule has 1 atom stereocenters. The van der Waals surface area contributed by atoms with Crippen molar-refractivity contribution in [3.05, 3.63) is 11.7 Å². The quantitative estimate of drug-likeness (QED) is 0.761. The molecule has 0 aliphatic carbocycles. The van der Waals surface area contributed by atoms with Gasteiger partial charge in [0.2, 0.25) is 11.8 Å². The average molecular weight is 211 g/mol. The molecule has 0 N–H and O–H groups in total. The first-order chi connectivity index (χ1) is 6.93. The Kier molecular flexibility index (Phi) is 3.44. The van der Waals surface area contributed by atoms with Gasteiger partial charge in [-0.15, -0.1) is 0 Å². The van der Waals surface area contributed by atoms with Crippen LogP contribution in [0.1, 0.15) is 38.5 Å². The number of aryl methyl sites for hydroxylation is 1. The summed E-state index contributed by atoms with van der Waals surface area (Å²) in [7, 11) is 1.74. The Hall–Kier alpha value is -1.39. The summed E-state index contributed by atoms with van der Waals surface area (Å²) in [5, 5.41) is 3.70. The molecule has 0 aromatic carbocycles. The van der Waals surface area contributed by atoms with Gasteiger partial charge in [0.05, 0.1) is 0 Å². The van der Waals surface area contributed by atoms with E-state index in [1.807, 2.05) is 20.8 Å². The average Bonchev–Trinajstić information content (AvgIpc) is 2.61. The van der Waals surface area contributed by atoms with Gasteiger partial charge in [0, 0.05) is 13.0 Å². The lowest BCUT2D eigenvalue weighted by atomic mass is 10.1. The molecular weight excluding hydrogens is 194 g/mol. The zero-order valence-electron chi connectivity index (χ0n) is 9.81. The summed E-state index contributed by atoms with van der Waals surface area (Å²) in [6.45, 7) is 7.35. The van der Waals surface area contributed by atoms with Crippen LogP contribution in [0, 0.1) is 12.8 Å². The van der Waals surface area contributed by atoms with Crippen molar-refractivity contribution >= 4 is 5.91 Å². The molecule has 5 nitrogen and oxygen atoms in total. The van der Waals surface area contributed by atoms with Gasteiger partial charge in [-0.05, 0) is 13.8 Å². The van der Waals surface area contributed by atoms with Crippen LogP contribution in [0.4, 0.5) is 0 Å². The van der Waals surface area contributed by atoms with Crippen LogP contribution in [0.5, 0.6) is 0 Å². The predicted octanol–water partition coefficient (Wildman–Crippen LogP) is 1.55. The maximum absolute atomic E-state index is 11.7. The number of carbonyl (C=O) groups is 1. The highest BCUT2D eigenvalue weighted by Gasteiger charge is 2.23. The van der Waals surface area contributed by atoms with Gasteiger partial charge in [0.15, 0.2) is 5.82 Å². The van der Waals surface area contributed by atoms with Gasteiger partial charge in [0.25, 0.3) is 0 Å². The molecule has 15 heavy (non-hydrogen) atoms. The smallest absolute Gasteiger partial charge is 0.249 e. The fourth-order valence-electron chi connectivity index (χ4n) is 1.25. The summed E-state index contributed by atoms with van der Waals surface area (Å²) in [5.74, 6) is 1.10. The minimum atomic E-state index is -0.180. The Morgan fingerprint density at radius 3 is 2.40 bits per heavy atom. The number of aromatic nitrogens is 2. The minimum absolute atomic E-state index is 0.0264. The number of nitrogens with zero attached hydrogens (tertiary/aromatic N) is 3. The highest BCUT2D eigenvalue weighted by molar-refractivity contribution is 5.78. The van der Waals surface area contributed by atoms with E-state index < -0.39 is 0 Å². The van der Waals surface area contributed by atoms with Crippen molar-refractivity contribution in [3.8, 4) is 0 Å². The highest BCUT2D eigenvalue weighted by atomic mass is 16.5. The second-order valence-electron chi connectivity index (χ2n) is 3.96. The van der Waals surface area contributed by atoms with Gasteiger partial charge in [-0.1, -0.05) is 19.0 Å². The molecular formula is C10H17N3O2. The van der Waals surface area contributed by atoms with Crippen LogP contribution in [0.2, 0.25) is 0 Å². The molecule has 0 aliphatic rings. The second-order valence-corrected chi connectivity index (χ2v) is 3.96. The maximum atomic E-state index is 11.7. The Morgan fingerprint density at radius 1 is 1.40 bits per heavy atom. The number of carbonyl (C=O) groups excluding carboxylic acids is 1. The zero-order chi connectivity index (χ0) is 11.6. The minimum Gasteiger partial charge on any atom is -0.337 e. The molecule has 84 valence electrons. The van der Waals surface area contributed by atoms with Crippen molar-refractivity contribution in [2.24, 2.45) is 5.92 Å². The molecule has 0 radical (unpaired) electrons. The monoisotopic (exact) mass is 211 g/mol. The van der Waals surface area contributed by atoms with E-state index in [4.69, 9.17) is 4.52 Å². The van der Waals surface area contributed by atoms with Crippen LogP contribution in [-0.2, 0) is 4.79 Å². The van der Waals surface area contributed by atoms with E-state index in [9.17, 15) is 4.79 Å². The van der Waals surface area contributed by atoms with Crippen molar-refractivity contribution in [2.45, 2.75) is 33.7 Å². The lowest BCUT2D eigenvalue weighted by Crippen LogP contribution is -2.33. The van der Waals surface area contributed by atoms with Crippen molar-refractivity contribution in [1.82, 2.24) is 15.0 Å². The van der Waals surface area contributed by atoms with Crippen LogP contribution >= 0.6 is 0 Å². The molecule has 0 bridgehead atoms. The van der Waals surface area contributed by atoms with Crippen molar-refractivity contribution in [1.29, 1.82) is 0 Å². The summed E-state index contributed by atoms with van der Waals surface area (Å²) in [5.41, 5.74) is 0. The molecule has 1 unspecified atom stereocenters. The van der Waals surface area contributed by atoms with Gasteiger partial charge < -0.3 is 9.42 Å². The molecule has 0 saturated carbocycles. The molecule has 0 saturated heterocycles. The molecule has 1 rings (SSSR count). The van der Waals surface area contributed by atoms with Crippen molar-refractivity contribution < 1.29 is 9.32 Å². The number of amides is 1. The number of hydrogen-bond donors (Lipinski definition) is 0. The summed E-state index contributed by atoms with van der Waals surface area (Å²) < 4.78 is 5.02. The first-order valence-electron chi connectivity index (χ1n) is 5.00. The maximum Gasteiger partial charge on any atom is 0.249 e. The second kappa shape index (κ2) is 4.42. The van der Waals surface area contributed by atoms with Gasteiger partial charge in [-0.3, -0.25) is 4.79 Å². The summed E-state index contributed by atoms with van der Waals surface area (Å²) in [6.07, 6.45) is 0. The van der Waals surface area contributed by atoms with Crippen LogP contribution in [0.3, 0.4) is 0 Å². The third-order valence-corrected chi connectivity index (χ3v) is 2.32. The number of hydrogen-bond acceptors (Lipinski definition) is 4. The van der Waals surface area contributed by atoms with Crippen LogP contribution in [0.25, 0.3) is 0 Å². The lowest BCUT2D eigenvalue weighted by molar-refractivity contribution is -0.135. The summed E-state index contributed by atoms with van der Waals surface area (Å²) in [6, 6.07) is -0.180. The molecule has 0 spiro atoms. The molecule has 1 aromatic rings. The summed E-state index contributed by atoms with van der Waals surface area (Å²) >= 11 is 0. The molecule has 1 heterocycles. The molecule has 0 aliphatic heterocycles. The molecule has 0 fully saturated rings. The van der Waals surface area contributed by atoms with Gasteiger partial charge in [-0.2, -0.15) is 4.98 Å². The van der Waals surface area contributed by atoms with Crippen molar-refractivity contribution in [3.63, 3.8) is 0 Å². The van der Waals surface area contributed by atoms with E-state index >= 15 is 0 Å². The Bertz CT molecular complexity index is 346. The fourth-order valence-corrected chi connectivity index (χ4v) is 1.25.